The number of urea groups is 1. The lowest BCUT2D eigenvalue weighted by Crippen LogP contribution is -2.33. The Kier molecular flexibility index (Phi) is 5.89. The fourth-order valence-electron chi connectivity index (χ4n) is 3.07. The van der Waals surface area contributed by atoms with Crippen LogP contribution in [0.15, 0.2) is 54.6 Å². The summed E-state index contributed by atoms with van der Waals surface area (Å²) in [4.78, 5) is 28.2. The second-order valence-electron chi connectivity index (χ2n) is 6.53. The van der Waals surface area contributed by atoms with E-state index in [2.05, 4.69) is 12.2 Å². The molecule has 0 unspecified atom stereocenters. The Bertz CT molecular complexity index is 744. The second kappa shape index (κ2) is 8.52. The molecule has 1 N–H and O–H groups in total. The molecule has 0 aliphatic carbocycles. The van der Waals surface area contributed by atoms with E-state index in [4.69, 9.17) is 0 Å². The molecule has 0 saturated carbocycles. The first-order valence-electron chi connectivity index (χ1n) is 9.12. The quantitative estimate of drug-likeness (QED) is 0.830. The van der Waals surface area contributed by atoms with Gasteiger partial charge in [0, 0.05) is 38.3 Å². The van der Waals surface area contributed by atoms with Gasteiger partial charge in [-0.05, 0) is 29.7 Å². The summed E-state index contributed by atoms with van der Waals surface area (Å²) in [5, 5.41) is 2.89. The van der Waals surface area contributed by atoms with E-state index in [1.54, 1.807) is 4.90 Å². The lowest BCUT2D eigenvalue weighted by Gasteiger charge is -2.18. The Balaban J connectivity index is 1.45. The Labute approximate surface area is 154 Å². The van der Waals surface area contributed by atoms with E-state index in [0.717, 1.165) is 17.7 Å². The summed E-state index contributed by atoms with van der Waals surface area (Å²) < 4.78 is 0. The molecule has 26 heavy (non-hydrogen) atoms. The van der Waals surface area contributed by atoms with Crippen molar-refractivity contribution in [3.05, 3.63) is 65.7 Å². The van der Waals surface area contributed by atoms with Crippen molar-refractivity contribution < 1.29 is 9.59 Å². The molecule has 0 bridgehead atoms. The Hall–Kier alpha value is -2.82. The Morgan fingerprint density at radius 3 is 2.35 bits per heavy atom. The smallest absolute Gasteiger partial charge is 0.320 e. The molecular weight excluding hydrogens is 326 g/mol. The van der Waals surface area contributed by atoms with Gasteiger partial charge in [-0.3, -0.25) is 4.79 Å². The van der Waals surface area contributed by atoms with Gasteiger partial charge in [-0.25, -0.2) is 4.79 Å². The van der Waals surface area contributed by atoms with Gasteiger partial charge in [-0.1, -0.05) is 49.4 Å². The molecule has 0 aromatic heterocycles. The molecule has 2 aromatic carbocycles. The molecule has 5 nitrogen and oxygen atoms in total. The summed E-state index contributed by atoms with van der Waals surface area (Å²) in [6, 6.07) is 17.8. The summed E-state index contributed by atoms with van der Waals surface area (Å²) in [6.45, 7) is 4.54. The number of amides is 3. The van der Waals surface area contributed by atoms with Crippen LogP contribution in [0, 0.1) is 0 Å². The summed E-state index contributed by atoms with van der Waals surface area (Å²) >= 11 is 0. The maximum atomic E-state index is 12.5. The van der Waals surface area contributed by atoms with E-state index in [0.29, 0.717) is 32.6 Å². The van der Waals surface area contributed by atoms with Gasteiger partial charge in [-0.2, -0.15) is 0 Å². The molecule has 1 saturated heterocycles. The molecular formula is C21H25N3O2. The minimum atomic E-state index is -0.0662. The number of aryl methyl sites for hydroxylation is 1. The highest BCUT2D eigenvalue weighted by Gasteiger charge is 2.28. The Morgan fingerprint density at radius 2 is 1.65 bits per heavy atom. The summed E-state index contributed by atoms with van der Waals surface area (Å²) in [6.07, 6.45) is 1.28. The molecule has 1 aliphatic heterocycles. The number of rotatable bonds is 7. The van der Waals surface area contributed by atoms with Gasteiger partial charge in [0.25, 0.3) is 0 Å². The van der Waals surface area contributed by atoms with Crippen molar-refractivity contribution in [2.24, 2.45) is 0 Å². The van der Waals surface area contributed by atoms with Gasteiger partial charge < -0.3 is 15.1 Å². The molecule has 3 rings (SSSR count). The van der Waals surface area contributed by atoms with Gasteiger partial charge in [0.05, 0.1) is 0 Å². The standard InChI is InChI=1S/C21H25N3O2/c1-2-17-8-10-19(11-9-17)22-20(25)12-13-23-14-15-24(21(23)26)16-18-6-4-3-5-7-18/h3-11H,2,12-16H2,1H3,(H,22,25). The Morgan fingerprint density at radius 1 is 0.962 bits per heavy atom. The second-order valence-corrected chi connectivity index (χ2v) is 6.53. The van der Waals surface area contributed by atoms with E-state index < -0.39 is 0 Å². The highest BCUT2D eigenvalue weighted by molar-refractivity contribution is 5.91. The molecule has 0 radical (unpaired) electrons. The van der Waals surface area contributed by atoms with E-state index in [1.807, 2.05) is 59.5 Å². The lowest BCUT2D eigenvalue weighted by atomic mass is 10.1. The molecule has 3 amide bonds. The average Bonchev–Trinajstić information content (AvgIpc) is 3.01. The third-order valence-corrected chi connectivity index (χ3v) is 4.65. The number of benzene rings is 2. The number of hydrogen-bond donors (Lipinski definition) is 1. The maximum Gasteiger partial charge on any atom is 0.320 e. The molecule has 0 atom stereocenters. The predicted octanol–water partition coefficient (Wildman–Crippen LogP) is 3.52. The van der Waals surface area contributed by atoms with E-state index in [9.17, 15) is 9.59 Å². The number of carbonyl (C=O) groups is 2. The summed E-state index contributed by atoms with van der Waals surface area (Å²) in [5.74, 6) is -0.0662. The van der Waals surface area contributed by atoms with E-state index in [1.165, 1.54) is 5.56 Å². The number of anilines is 1. The average molecular weight is 351 g/mol. The van der Waals surface area contributed by atoms with Crippen LogP contribution < -0.4 is 5.32 Å². The van der Waals surface area contributed by atoms with Crippen molar-refractivity contribution in [1.29, 1.82) is 0 Å². The van der Waals surface area contributed by atoms with Crippen molar-refractivity contribution in [2.45, 2.75) is 26.3 Å². The van der Waals surface area contributed by atoms with Gasteiger partial charge in [0.1, 0.15) is 0 Å². The minimum absolute atomic E-state index is 0.00829. The summed E-state index contributed by atoms with van der Waals surface area (Å²) in [5.41, 5.74) is 3.16. The number of nitrogens with one attached hydrogen (secondary N) is 1. The number of nitrogens with zero attached hydrogens (tertiary/aromatic N) is 2. The van der Waals surface area contributed by atoms with Crippen LogP contribution in [0.5, 0.6) is 0 Å². The van der Waals surface area contributed by atoms with Crippen LogP contribution in [0.4, 0.5) is 10.5 Å². The van der Waals surface area contributed by atoms with Crippen molar-refractivity contribution in [1.82, 2.24) is 9.80 Å². The van der Waals surface area contributed by atoms with Crippen molar-refractivity contribution in [3.8, 4) is 0 Å². The van der Waals surface area contributed by atoms with Crippen molar-refractivity contribution in [3.63, 3.8) is 0 Å². The lowest BCUT2D eigenvalue weighted by molar-refractivity contribution is -0.116. The molecule has 1 fully saturated rings. The number of hydrogen-bond acceptors (Lipinski definition) is 2. The minimum Gasteiger partial charge on any atom is -0.326 e. The first-order chi connectivity index (χ1) is 12.7. The molecule has 136 valence electrons. The largest absolute Gasteiger partial charge is 0.326 e. The summed E-state index contributed by atoms with van der Waals surface area (Å²) in [7, 11) is 0. The van der Waals surface area contributed by atoms with Crippen LogP contribution in [-0.4, -0.2) is 41.4 Å². The number of carbonyl (C=O) groups excluding carboxylic acids is 2. The van der Waals surface area contributed by atoms with Crippen LogP contribution in [0.3, 0.4) is 0 Å². The highest BCUT2D eigenvalue weighted by atomic mass is 16.2. The first kappa shape index (κ1) is 18.0. The van der Waals surface area contributed by atoms with Crippen LogP contribution in [0.2, 0.25) is 0 Å². The van der Waals surface area contributed by atoms with Crippen molar-refractivity contribution in [2.75, 3.05) is 25.0 Å². The van der Waals surface area contributed by atoms with Crippen LogP contribution in [0.25, 0.3) is 0 Å². The first-order valence-corrected chi connectivity index (χ1v) is 9.12. The van der Waals surface area contributed by atoms with Gasteiger partial charge in [0.15, 0.2) is 0 Å². The molecule has 1 aliphatic rings. The fourth-order valence-corrected chi connectivity index (χ4v) is 3.07. The topological polar surface area (TPSA) is 52.7 Å². The molecule has 0 spiro atoms. The van der Waals surface area contributed by atoms with Crippen LogP contribution in [0.1, 0.15) is 24.5 Å². The van der Waals surface area contributed by atoms with E-state index in [-0.39, 0.29) is 11.9 Å². The third-order valence-electron chi connectivity index (χ3n) is 4.65. The van der Waals surface area contributed by atoms with Gasteiger partial charge in [0.2, 0.25) is 5.91 Å². The molecule has 2 aromatic rings. The normalized spacial score (nSPS) is 14.0. The van der Waals surface area contributed by atoms with Crippen molar-refractivity contribution >= 4 is 17.6 Å². The molecule has 5 heteroatoms. The predicted molar refractivity (Wildman–Crippen MR) is 103 cm³/mol. The third kappa shape index (κ3) is 4.63. The zero-order chi connectivity index (χ0) is 18.4. The highest BCUT2D eigenvalue weighted by Crippen LogP contribution is 2.14. The van der Waals surface area contributed by atoms with Crippen LogP contribution >= 0.6 is 0 Å². The fraction of sp³-hybridized carbons (Fsp3) is 0.333. The zero-order valence-electron chi connectivity index (χ0n) is 15.1. The molecule has 1 heterocycles. The zero-order valence-corrected chi connectivity index (χ0v) is 15.1. The van der Waals surface area contributed by atoms with Gasteiger partial charge >= 0.3 is 6.03 Å². The van der Waals surface area contributed by atoms with Crippen LogP contribution in [-0.2, 0) is 17.8 Å². The van der Waals surface area contributed by atoms with Gasteiger partial charge in [-0.15, -0.1) is 0 Å². The monoisotopic (exact) mass is 351 g/mol. The maximum absolute atomic E-state index is 12.5. The van der Waals surface area contributed by atoms with E-state index >= 15 is 0 Å². The SMILES string of the molecule is CCc1ccc(NC(=O)CCN2CCN(Cc3ccccc3)C2=O)cc1.